The van der Waals surface area contributed by atoms with Gasteiger partial charge in [-0.3, -0.25) is 0 Å². The Labute approximate surface area is 135 Å². The zero-order chi connectivity index (χ0) is 16.4. The van der Waals surface area contributed by atoms with Gasteiger partial charge >= 0.3 is 5.97 Å². The van der Waals surface area contributed by atoms with E-state index in [1.54, 1.807) is 12.1 Å². The maximum absolute atomic E-state index is 11.6. The first-order chi connectivity index (χ1) is 11.0. The Hall–Kier alpha value is -2.11. The fourth-order valence-corrected chi connectivity index (χ4v) is 2.59. The summed E-state index contributed by atoms with van der Waals surface area (Å²) in [6.45, 7) is 4.75. The molecule has 2 aromatic carbocycles. The lowest BCUT2D eigenvalue weighted by Gasteiger charge is -2.17. The van der Waals surface area contributed by atoms with Crippen LogP contribution in [0.25, 0.3) is 10.8 Å². The quantitative estimate of drug-likeness (QED) is 0.811. The fraction of sp³-hybridized carbons (Fsp3) is 0.389. The van der Waals surface area contributed by atoms with Gasteiger partial charge in [0.25, 0.3) is 0 Å². The third-order valence-electron chi connectivity index (χ3n) is 3.74. The fourth-order valence-electron chi connectivity index (χ4n) is 2.59. The molecular weight excluding hydrogens is 296 g/mol. The largest absolute Gasteiger partial charge is 0.491 e. The number of carbonyl (C=O) groups excluding carboxylic acids is 1. The summed E-state index contributed by atoms with van der Waals surface area (Å²) in [5, 5.41) is 1.96. The molecule has 0 amide bonds. The van der Waals surface area contributed by atoms with Crippen LogP contribution in [0.15, 0.2) is 36.4 Å². The first-order valence-electron chi connectivity index (χ1n) is 7.53. The highest BCUT2D eigenvalue weighted by Crippen LogP contribution is 2.25. The van der Waals surface area contributed by atoms with Gasteiger partial charge in [0.05, 0.1) is 19.3 Å². The normalized spacial score (nSPS) is 19.7. The number of carbonyl (C=O) groups is 1. The molecule has 1 aliphatic rings. The molecule has 1 aliphatic heterocycles. The number of rotatable bonds is 4. The van der Waals surface area contributed by atoms with E-state index in [9.17, 15) is 4.79 Å². The molecular formula is C18H20O5. The summed E-state index contributed by atoms with van der Waals surface area (Å²) in [4.78, 5) is 11.6. The molecule has 2 aromatic rings. The highest BCUT2D eigenvalue weighted by Gasteiger charge is 2.32. The first-order valence-corrected chi connectivity index (χ1v) is 7.53. The predicted molar refractivity (Wildman–Crippen MR) is 85.7 cm³/mol. The van der Waals surface area contributed by atoms with Crippen LogP contribution in [0.2, 0.25) is 0 Å². The van der Waals surface area contributed by atoms with Crippen LogP contribution in [0.1, 0.15) is 24.2 Å². The van der Waals surface area contributed by atoms with E-state index >= 15 is 0 Å². The van der Waals surface area contributed by atoms with Gasteiger partial charge in [0, 0.05) is 0 Å². The van der Waals surface area contributed by atoms with Crippen molar-refractivity contribution in [2.75, 3.05) is 20.3 Å². The molecule has 5 nitrogen and oxygen atoms in total. The van der Waals surface area contributed by atoms with Crippen LogP contribution in [0.3, 0.4) is 0 Å². The monoisotopic (exact) mass is 316 g/mol. The zero-order valence-corrected chi connectivity index (χ0v) is 13.5. The van der Waals surface area contributed by atoms with Crippen molar-refractivity contribution in [3.8, 4) is 5.75 Å². The second kappa shape index (κ2) is 6.18. The molecule has 1 fully saturated rings. The van der Waals surface area contributed by atoms with E-state index < -0.39 is 5.79 Å². The lowest BCUT2D eigenvalue weighted by molar-refractivity contribution is -0.141. The van der Waals surface area contributed by atoms with Gasteiger partial charge in [0.1, 0.15) is 18.5 Å². The van der Waals surface area contributed by atoms with E-state index in [0.717, 1.165) is 16.5 Å². The summed E-state index contributed by atoms with van der Waals surface area (Å²) in [6, 6.07) is 11.2. The van der Waals surface area contributed by atoms with Gasteiger partial charge in [-0.05, 0) is 48.9 Å². The van der Waals surface area contributed by atoms with Gasteiger partial charge in [-0.15, -0.1) is 0 Å². The van der Waals surface area contributed by atoms with E-state index in [0.29, 0.717) is 18.8 Å². The lowest BCUT2D eigenvalue weighted by Crippen LogP contribution is -2.25. The van der Waals surface area contributed by atoms with E-state index in [4.69, 9.17) is 18.9 Å². The Balaban J connectivity index is 1.69. The molecule has 0 spiro atoms. The molecule has 0 aromatic heterocycles. The average molecular weight is 316 g/mol. The van der Waals surface area contributed by atoms with Crippen LogP contribution in [0.5, 0.6) is 5.75 Å². The van der Waals surface area contributed by atoms with Gasteiger partial charge in [-0.1, -0.05) is 12.1 Å². The van der Waals surface area contributed by atoms with Crippen molar-refractivity contribution >= 4 is 16.7 Å². The summed E-state index contributed by atoms with van der Waals surface area (Å²) in [6.07, 6.45) is -0.0672. The third kappa shape index (κ3) is 3.63. The molecule has 0 N–H and O–H groups in total. The van der Waals surface area contributed by atoms with Crippen molar-refractivity contribution < 1.29 is 23.7 Å². The molecule has 23 heavy (non-hydrogen) atoms. The lowest BCUT2D eigenvalue weighted by atomic mass is 10.1. The molecule has 0 saturated carbocycles. The standard InChI is InChI=1S/C18H20O5/c1-18(2)22-11-16(23-18)10-21-15-7-6-12-8-14(17(19)20-3)5-4-13(12)9-15/h4-9,16H,10-11H2,1-3H3. The van der Waals surface area contributed by atoms with E-state index in [-0.39, 0.29) is 12.1 Å². The summed E-state index contributed by atoms with van der Waals surface area (Å²) in [5.74, 6) is -0.119. The summed E-state index contributed by atoms with van der Waals surface area (Å²) in [7, 11) is 1.37. The molecule has 1 atom stereocenters. The average Bonchev–Trinajstić information content (AvgIpc) is 2.90. The number of methoxy groups -OCH3 is 1. The Morgan fingerprint density at radius 2 is 1.96 bits per heavy atom. The van der Waals surface area contributed by atoms with Crippen molar-refractivity contribution in [2.24, 2.45) is 0 Å². The predicted octanol–water partition coefficient (Wildman–Crippen LogP) is 3.16. The van der Waals surface area contributed by atoms with Crippen LogP contribution in [0.4, 0.5) is 0 Å². The molecule has 0 bridgehead atoms. The van der Waals surface area contributed by atoms with Gasteiger partial charge in [-0.2, -0.15) is 0 Å². The van der Waals surface area contributed by atoms with Crippen molar-refractivity contribution in [1.82, 2.24) is 0 Å². The summed E-state index contributed by atoms with van der Waals surface area (Å²) >= 11 is 0. The Morgan fingerprint density at radius 1 is 1.22 bits per heavy atom. The van der Waals surface area contributed by atoms with Crippen molar-refractivity contribution in [2.45, 2.75) is 25.7 Å². The van der Waals surface area contributed by atoms with Gasteiger partial charge < -0.3 is 18.9 Å². The van der Waals surface area contributed by atoms with Gasteiger partial charge in [-0.25, -0.2) is 4.79 Å². The molecule has 122 valence electrons. The van der Waals surface area contributed by atoms with E-state index in [1.807, 2.05) is 38.1 Å². The van der Waals surface area contributed by atoms with Crippen molar-refractivity contribution in [3.05, 3.63) is 42.0 Å². The number of ether oxygens (including phenoxy) is 4. The molecule has 1 unspecified atom stereocenters. The van der Waals surface area contributed by atoms with Gasteiger partial charge in [0.15, 0.2) is 5.79 Å². The van der Waals surface area contributed by atoms with Crippen LogP contribution in [-0.4, -0.2) is 38.2 Å². The second-order valence-corrected chi connectivity index (χ2v) is 5.98. The van der Waals surface area contributed by atoms with E-state index in [1.165, 1.54) is 7.11 Å². The number of hydrogen-bond donors (Lipinski definition) is 0. The highest BCUT2D eigenvalue weighted by atomic mass is 16.7. The molecule has 0 aliphatic carbocycles. The maximum atomic E-state index is 11.6. The molecule has 0 radical (unpaired) electrons. The van der Waals surface area contributed by atoms with Crippen molar-refractivity contribution in [3.63, 3.8) is 0 Å². The highest BCUT2D eigenvalue weighted by molar-refractivity contribution is 5.95. The van der Waals surface area contributed by atoms with Crippen LogP contribution < -0.4 is 4.74 Å². The number of esters is 1. The van der Waals surface area contributed by atoms with Gasteiger partial charge in [0.2, 0.25) is 0 Å². The van der Waals surface area contributed by atoms with E-state index in [2.05, 4.69) is 0 Å². The Kier molecular flexibility index (Phi) is 4.24. The summed E-state index contributed by atoms with van der Waals surface area (Å²) < 4.78 is 21.8. The smallest absolute Gasteiger partial charge is 0.337 e. The minimum absolute atomic E-state index is 0.0672. The van der Waals surface area contributed by atoms with Crippen LogP contribution >= 0.6 is 0 Å². The third-order valence-corrected chi connectivity index (χ3v) is 3.74. The topological polar surface area (TPSA) is 54.0 Å². The Morgan fingerprint density at radius 3 is 2.65 bits per heavy atom. The minimum Gasteiger partial charge on any atom is -0.491 e. The number of fused-ring (bicyclic) bond motifs is 1. The first kappa shape index (κ1) is 15.8. The minimum atomic E-state index is -0.540. The summed E-state index contributed by atoms with van der Waals surface area (Å²) in [5.41, 5.74) is 0.535. The Bertz CT molecular complexity index is 722. The zero-order valence-electron chi connectivity index (χ0n) is 13.5. The number of hydrogen-bond acceptors (Lipinski definition) is 5. The molecule has 1 heterocycles. The van der Waals surface area contributed by atoms with Crippen LogP contribution in [-0.2, 0) is 14.2 Å². The van der Waals surface area contributed by atoms with Crippen molar-refractivity contribution in [1.29, 1.82) is 0 Å². The molecule has 1 saturated heterocycles. The SMILES string of the molecule is COC(=O)c1ccc2cc(OCC3COC(C)(C)O3)ccc2c1. The maximum Gasteiger partial charge on any atom is 0.337 e. The second-order valence-electron chi connectivity index (χ2n) is 5.98. The molecule has 3 rings (SSSR count). The molecule has 5 heteroatoms. The van der Waals surface area contributed by atoms with Crippen LogP contribution in [0, 0.1) is 0 Å². The number of benzene rings is 2.